The van der Waals surface area contributed by atoms with Crippen LogP contribution in [0.1, 0.15) is 46.5 Å². The fourth-order valence-electron chi connectivity index (χ4n) is 2.98. The number of carbonyl (C=O) groups excluding carboxylic acids is 1. The molecule has 0 radical (unpaired) electrons. The zero-order chi connectivity index (χ0) is 18.6. The average Bonchev–Trinajstić information content (AvgIpc) is 3.07. The number of rotatable bonds is 7. The van der Waals surface area contributed by atoms with E-state index in [0.29, 0.717) is 26.1 Å². The van der Waals surface area contributed by atoms with Gasteiger partial charge >= 0.3 is 5.69 Å². The van der Waals surface area contributed by atoms with Crippen molar-refractivity contribution in [1.82, 2.24) is 9.55 Å². The molecule has 3 N–H and O–H groups in total. The second-order valence-corrected chi connectivity index (χ2v) is 6.84. The number of nitrogens with zero attached hydrogens (tertiary/aromatic N) is 2. The Bertz CT molecular complexity index is 716. The summed E-state index contributed by atoms with van der Waals surface area (Å²) in [5.41, 5.74) is 5.01. The van der Waals surface area contributed by atoms with Gasteiger partial charge in [0.05, 0.1) is 0 Å². The van der Waals surface area contributed by atoms with Gasteiger partial charge in [-0.15, -0.1) is 0 Å². The molecule has 1 saturated heterocycles. The topological polar surface area (TPSA) is 110 Å². The van der Waals surface area contributed by atoms with Gasteiger partial charge < -0.3 is 15.4 Å². The third kappa shape index (κ3) is 4.31. The smallest absolute Gasteiger partial charge is 0.330 e. The predicted molar refractivity (Wildman–Crippen MR) is 96.8 cm³/mol. The second-order valence-electron chi connectivity index (χ2n) is 6.84. The minimum Gasteiger partial charge on any atom is -0.383 e. The fourth-order valence-corrected chi connectivity index (χ4v) is 2.98. The summed E-state index contributed by atoms with van der Waals surface area (Å²) in [7, 11) is 0. The first-order valence-corrected chi connectivity index (χ1v) is 8.92. The Balaban J connectivity index is 2.50. The Morgan fingerprint density at radius 2 is 2.16 bits per heavy atom. The molecule has 1 amide bonds. The largest absolute Gasteiger partial charge is 0.383 e. The summed E-state index contributed by atoms with van der Waals surface area (Å²) >= 11 is 0. The highest BCUT2D eigenvalue weighted by molar-refractivity contribution is 5.98. The van der Waals surface area contributed by atoms with Crippen LogP contribution in [0.4, 0.5) is 11.5 Å². The Kier molecular flexibility index (Phi) is 6.41. The number of carbonyl (C=O) groups is 1. The maximum absolute atomic E-state index is 12.9. The zero-order valence-electron chi connectivity index (χ0n) is 15.2. The van der Waals surface area contributed by atoms with E-state index in [2.05, 4.69) is 4.98 Å². The van der Waals surface area contributed by atoms with Gasteiger partial charge in [0.25, 0.3) is 11.5 Å². The standard InChI is InChI=1S/C17H28N4O4/c1-4-5-8-20-14(18)13(15(22)19-17(20)24)21(10-11(2)3)16(23)12-7-6-9-25-12/h11-12H,4-10,18H2,1-3H3,(H,19,22,24)/t12-/m1/s1. The van der Waals surface area contributed by atoms with Gasteiger partial charge in [-0.05, 0) is 25.2 Å². The van der Waals surface area contributed by atoms with Gasteiger partial charge in [0.2, 0.25) is 0 Å². The van der Waals surface area contributed by atoms with Crippen LogP contribution in [0.5, 0.6) is 0 Å². The van der Waals surface area contributed by atoms with E-state index in [9.17, 15) is 14.4 Å². The highest BCUT2D eigenvalue weighted by atomic mass is 16.5. The van der Waals surface area contributed by atoms with Crippen LogP contribution in [0.25, 0.3) is 0 Å². The first kappa shape index (κ1) is 19.2. The van der Waals surface area contributed by atoms with E-state index in [1.807, 2.05) is 20.8 Å². The molecule has 2 rings (SSSR count). The molecule has 0 spiro atoms. The molecule has 8 nitrogen and oxygen atoms in total. The number of anilines is 2. The van der Waals surface area contributed by atoms with Gasteiger partial charge in [0.1, 0.15) is 11.9 Å². The Hall–Kier alpha value is -2.09. The fraction of sp³-hybridized carbons (Fsp3) is 0.706. The zero-order valence-corrected chi connectivity index (χ0v) is 15.2. The van der Waals surface area contributed by atoms with Crippen LogP contribution in [0.3, 0.4) is 0 Å². The molecule has 0 saturated carbocycles. The van der Waals surface area contributed by atoms with E-state index < -0.39 is 17.4 Å². The minimum atomic E-state index is -0.637. The van der Waals surface area contributed by atoms with Gasteiger partial charge in [-0.3, -0.25) is 19.1 Å². The summed E-state index contributed by atoms with van der Waals surface area (Å²) in [4.78, 5) is 41.1. The first-order valence-electron chi connectivity index (χ1n) is 8.92. The van der Waals surface area contributed by atoms with E-state index >= 15 is 0 Å². The van der Waals surface area contributed by atoms with Crippen molar-refractivity contribution >= 4 is 17.4 Å². The lowest BCUT2D eigenvalue weighted by molar-refractivity contribution is -0.127. The molecule has 8 heteroatoms. The van der Waals surface area contributed by atoms with Gasteiger partial charge in [-0.25, -0.2) is 4.79 Å². The molecule has 2 heterocycles. The lowest BCUT2D eigenvalue weighted by atomic mass is 10.1. The monoisotopic (exact) mass is 352 g/mol. The third-order valence-corrected chi connectivity index (χ3v) is 4.24. The van der Waals surface area contributed by atoms with Gasteiger partial charge in [-0.2, -0.15) is 0 Å². The second kappa shape index (κ2) is 8.33. The molecular formula is C17H28N4O4. The van der Waals surface area contributed by atoms with Crippen molar-refractivity contribution in [2.24, 2.45) is 5.92 Å². The van der Waals surface area contributed by atoms with Crippen LogP contribution < -0.4 is 21.9 Å². The van der Waals surface area contributed by atoms with Crippen molar-refractivity contribution in [1.29, 1.82) is 0 Å². The van der Waals surface area contributed by atoms with Crippen molar-refractivity contribution < 1.29 is 9.53 Å². The molecule has 1 aromatic rings. The summed E-state index contributed by atoms with van der Waals surface area (Å²) in [5, 5.41) is 0. The van der Waals surface area contributed by atoms with Crippen LogP contribution in [-0.4, -0.2) is 34.7 Å². The maximum Gasteiger partial charge on any atom is 0.330 e. The molecule has 0 aliphatic carbocycles. The number of H-pyrrole nitrogens is 1. The first-order chi connectivity index (χ1) is 11.9. The molecule has 1 atom stereocenters. The number of aromatic amines is 1. The van der Waals surface area contributed by atoms with Crippen molar-refractivity contribution in [3.8, 4) is 0 Å². The number of amides is 1. The summed E-state index contributed by atoms with van der Waals surface area (Å²) < 4.78 is 6.81. The maximum atomic E-state index is 12.9. The number of hydrogen-bond acceptors (Lipinski definition) is 5. The molecule has 1 aliphatic rings. The SMILES string of the molecule is CCCCn1c(N)c(N(CC(C)C)C(=O)[C@H]2CCCO2)c(=O)[nH]c1=O. The number of nitrogen functional groups attached to an aromatic ring is 1. The van der Waals surface area contributed by atoms with Gasteiger partial charge in [-0.1, -0.05) is 27.2 Å². The quantitative estimate of drug-likeness (QED) is 0.763. The van der Waals surface area contributed by atoms with Crippen LogP contribution in [-0.2, 0) is 16.1 Å². The molecule has 0 aromatic carbocycles. The number of hydrogen-bond donors (Lipinski definition) is 2. The van der Waals surface area contributed by atoms with Gasteiger partial charge in [0, 0.05) is 19.7 Å². The van der Waals surface area contributed by atoms with Crippen molar-refractivity contribution in [2.45, 2.75) is 59.1 Å². The average molecular weight is 352 g/mol. The molecule has 25 heavy (non-hydrogen) atoms. The number of unbranched alkanes of at least 4 members (excludes halogenated alkanes) is 1. The molecule has 1 aliphatic heterocycles. The Labute approximate surface area is 147 Å². The lowest BCUT2D eigenvalue weighted by Gasteiger charge is -2.28. The Morgan fingerprint density at radius 3 is 2.72 bits per heavy atom. The molecule has 140 valence electrons. The van der Waals surface area contributed by atoms with Gasteiger partial charge in [0.15, 0.2) is 5.69 Å². The molecule has 0 unspecified atom stereocenters. The highest BCUT2D eigenvalue weighted by Gasteiger charge is 2.32. The number of nitrogens with one attached hydrogen (secondary N) is 1. The minimum absolute atomic E-state index is 0.0363. The molecular weight excluding hydrogens is 324 g/mol. The lowest BCUT2D eigenvalue weighted by Crippen LogP contribution is -2.46. The highest BCUT2D eigenvalue weighted by Crippen LogP contribution is 2.23. The van der Waals surface area contributed by atoms with E-state index in [1.54, 1.807) is 0 Å². The number of nitrogens with two attached hydrogens (primary N) is 1. The van der Waals surface area contributed by atoms with Crippen LogP contribution in [0, 0.1) is 5.92 Å². The van der Waals surface area contributed by atoms with Crippen molar-refractivity contribution in [3.63, 3.8) is 0 Å². The van der Waals surface area contributed by atoms with E-state index in [4.69, 9.17) is 10.5 Å². The van der Waals surface area contributed by atoms with Crippen molar-refractivity contribution in [3.05, 3.63) is 20.8 Å². The normalized spacial score (nSPS) is 17.2. The Morgan fingerprint density at radius 1 is 1.44 bits per heavy atom. The predicted octanol–water partition coefficient (Wildman–Crippen LogP) is 1.09. The molecule has 1 fully saturated rings. The van der Waals surface area contributed by atoms with Crippen LogP contribution in [0.15, 0.2) is 9.59 Å². The van der Waals surface area contributed by atoms with Crippen LogP contribution >= 0.6 is 0 Å². The van der Waals surface area contributed by atoms with E-state index in [0.717, 1.165) is 19.3 Å². The van der Waals surface area contributed by atoms with Crippen LogP contribution in [0.2, 0.25) is 0 Å². The molecule has 0 bridgehead atoms. The van der Waals surface area contributed by atoms with E-state index in [1.165, 1.54) is 9.47 Å². The summed E-state index contributed by atoms with van der Waals surface area (Å²) in [5.74, 6) is -0.113. The number of aromatic nitrogens is 2. The summed E-state index contributed by atoms with van der Waals surface area (Å²) in [6, 6.07) is 0. The summed E-state index contributed by atoms with van der Waals surface area (Å²) in [6.07, 6.45) is 2.51. The molecule has 1 aromatic heterocycles. The van der Waals surface area contributed by atoms with Crippen molar-refractivity contribution in [2.75, 3.05) is 23.8 Å². The third-order valence-electron chi connectivity index (χ3n) is 4.24. The number of ether oxygens (including phenoxy) is 1. The summed E-state index contributed by atoms with van der Waals surface area (Å²) in [6.45, 7) is 7.17. The van der Waals surface area contributed by atoms with E-state index in [-0.39, 0.29) is 23.3 Å².